The quantitative estimate of drug-likeness (QED) is 0.863. The van der Waals surface area contributed by atoms with Gasteiger partial charge < -0.3 is 15.0 Å². The van der Waals surface area contributed by atoms with Gasteiger partial charge in [-0.3, -0.25) is 9.59 Å². The first-order valence-corrected chi connectivity index (χ1v) is 9.08. The summed E-state index contributed by atoms with van der Waals surface area (Å²) in [6.45, 7) is 1.37. The summed E-state index contributed by atoms with van der Waals surface area (Å²) in [5, 5.41) is 3.31. The molecular weight excluding hydrogens is 352 g/mol. The number of nitrogens with zero attached hydrogens (tertiary/aromatic N) is 1. The Bertz CT molecular complexity index is 788. The van der Waals surface area contributed by atoms with Gasteiger partial charge in [-0.2, -0.15) is 0 Å². The van der Waals surface area contributed by atoms with Crippen molar-refractivity contribution >= 4 is 29.1 Å². The maximum Gasteiger partial charge on any atom is 0.262 e. The van der Waals surface area contributed by atoms with Gasteiger partial charge >= 0.3 is 0 Å². The predicted molar refractivity (Wildman–Crippen MR) is 102 cm³/mol. The Morgan fingerprint density at radius 3 is 2.58 bits per heavy atom. The number of piperidine rings is 1. The molecule has 1 aliphatic rings. The summed E-state index contributed by atoms with van der Waals surface area (Å²) >= 11 is 5.90. The van der Waals surface area contributed by atoms with Gasteiger partial charge in [-0.1, -0.05) is 29.8 Å². The number of carbonyl (C=O) groups is 2. The van der Waals surface area contributed by atoms with E-state index >= 15 is 0 Å². The molecule has 0 atom stereocenters. The number of benzene rings is 2. The van der Waals surface area contributed by atoms with Crippen LogP contribution in [0.15, 0.2) is 48.5 Å². The van der Waals surface area contributed by atoms with Gasteiger partial charge in [-0.15, -0.1) is 0 Å². The zero-order valence-corrected chi connectivity index (χ0v) is 15.2. The van der Waals surface area contributed by atoms with Crippen LogP contribution in [0.5, 0.6) is 5.75 Å². The predicted octanol–water partition coefficient (Wildman–Crippen LogP) is 3.98. The number of anilines is 1. The zero-order valence-electron chi connectivity index (χ0n) is 14.4. The molecule has 0 spiro atoms. The summed E-state index contributed by atoms with van der Waals surface area (Å²) in [7, 11) is 0. The minimum atomic E-state index is -0.330. The molecule has 0 aromatic heterocycles. The van der Waals surface area contributed by atoms with Gasteiger partial charge in [0.1, 0.15) is 5.75 Å². The van der Waals surface area contributed by atoms with Crippen LogP contribution in [0, 0.1) is 0 Å². The highest BCUT2D eigenvalue weighted by molar-refractivity contribution is 6.30. The van der Waals surface area contributed by atoms with E-state index in [1.807, 2.05) is 4.90 Å². The van der Waals surface area contributed by atoms with Crippen molar-refractivity contribution < 1.29 is 14.3 Å². The molecule has 1 N–H and O–H groups in total. The van der Waals surface area contributed by atoms with E-state index in [1.165, 1.54) is 0 Å². The molecule has 5 nitrogen and oxygen atoms in total. The second-order valence-corrected chi connectivity index (χ2v) is 6.63. The van der Waals surface area contributed by atoms with Crippen LogP contribution < -0.4 is 10.1 Å². The molecule has 2 aromatic carbocycles. The second-order valence-electron chi connectivity index (χ2n) is 6.19. The standard InChI is InChI=1S/C20H21ClN2O3/c21-15-7-6-8-16(13-15)26-14-19(24)22-18-10-3-2-9-17(18)20(25)23-11-4-1-5-12-23/h2-3,6-10,13H,1,4-5,11-12,14H2,(H,22,24). The number of hydrogen-bond acceptors (Lipinski definition) is 3. The lowest BCUT2D eigenvalue weighted by Gasteiger charge is -2.27. The van der Waals surface area contributed by atoms with Crippen LogP contribution in [0.1, 0.15) is 29.6 Å². The molecular formula is C20H21ClN2O3. The van der Waals surface area contributed by atoms with E-state index in [9.17, 15) is 9.59 Å². The fourth-order valence-corrected chi connectivity index (χ4v) is 3.12. The number of hydrogen-bond donors (Lipinski definition) is 1. The fraction of sp³-hybridized carbons (Fsp3) is 0.300. The molecule has 1 heterocycles. The molecule has 1 aliphatic heterocycles. The molecule has 0 saturated carbocycles. The average molecular weight is 373 g/mol. The number of nitrogens with one attached hydrogen (secondary N) is 1. The maximum absolute atomic E-state index is 12.7. The lowest BCUT2D eigenvalue weighted by molar-refractivity contribution is -0.118. The summed E-state index contributed by atoms with van der Waals surface area (Å²) in [6, 6.07) is 13.9. The topological polar surface area (TPSA) is 58.6 Å². The number of rotatable bonds is 5. The van der Waals surface area contributed by atoms with Crippen molar-refractivity contribution in [3.8, 4) is 5.75 Å². The van der Waals surface area contributed by atoms with Crippen LogP contribution in [-0.2, 0) is 4.79 Å². The average Bonchev–Trinajstić information content (AvgIpc) is 2.67. The number of para-hydroxylation sites is 1. The van der Waals surface area contributed by atoms with E-state index in [0.29, 0.717) is 22.0 Å². The van der Waals surface area contributed by atoms with Crippen LogP contribution in [-0.4, -0.2) is 36.4 Å². The lowest BCUT2D eigenvalue weighted by atomic mass is 10.1. The maximum atomic E-state index is 12.7. The molecule has 0 aliphatic carbocycles. The molecule has 6 heteroatoms. The normalized spacial score (nSPS) is 14.0. The molecule has 1 saturated heterocycles. The van der Waals surface area contributed by atoms with Gasteiger partial charge in [-0.25, -0.2) is 0 Å². The first-order valence-electron chi connectivity index (χ1n) is 8.70. The van der Waals surface area contributed by atoms with Crippen LogP contribution >= 0.6 is 11.6 Å². The van der Waals surface area contributed by atoms with Crippen molar-refractivity contribution in [1.29, 1.82) is 0 Å². The Morgan fingerprint density at radius 2 is 1.81 bits per heavy atom. The zero-order chi connectivity index (χ0) is 18.4. The summed E-state index contributed by atoms with van der Waals surface area (Å²) in [5.74, 6) is 0.144. The molecule has 2 amide bonds. The number of amides is 2. The minimum Gasteiger partial charge on any atom is -0.484 e. The molecule has 0 bridgehead atoms. The Morgan fingerprint density at radius 1 is 1.04 bits per heavy atom. The molecule has 3 rings (SSSR count). The van der Waals surface area contributed by atoms with Crippen molar-refractivity contribution in [2.24, 2.45) is 0 Å². The largest absolute Gasteiger partial charge is 0.484 e. The van der Waals surface area contributed by atoms with Gasteiger partial charge in [-0.05, 0) is 49.6 Å². The Hall–Kier alpha value is -2.53. The van der Waals surface area contributed by atoms with Crippen LogP contribution in [0.2, 0.25) is 5.02 Å². The summed E-state index contributed by atoms with van der Waals surface area (Å²) in [6.07, 6.45) is 3.20. The van der Waals surface area contributed by atoms with Crippen LogP contribution in [0.3, 0.4) is 0 Å². The summed E-state index contributed by atoms with van der Waals surface area (Å²) in [4.78, 5) is 26.8. The van der Waals surface area contributed by atoms with Crippen molar-refractivity contribution in [3.05, 3.63) is 59.1 Å². The fourth-order valence-electron chi connectivity index (χ4n) is 2.94. The van der Waals surface area contributed by atoms with Gasteiger partial charge in [0, 0.05) is 18.1 Å². The molecule has 0 unspecified atom stereocenters. The van der Waals surface area contributed by atoms with E-state index in [2.05, 4.69) is 5.32 Å². The van der Waals surface area contributed by atoms with Gasteiger partial charge in [0.25, 0.3) is 11.8 Å². The number of likely N-dealkylation sites (tertiary alicyclic amines) is 1. The Kier molecular flexibility index (Phi) is 6.12. The molecule has 0 radical (unpaired) electrons. The van der Waals surface area contributed by atoms with E-state index in [0.717, 1.165) is 32.4 Å². The van der Waals surface area contributed by atoms with E-state index in [4.69, 9.17) is 16.3 Å². The van der Waals surface area contributed by atoms with Crippen molar-refractivity contribution in [2.75, 3.05) is 25.0 Å². The number of ether oxygens (including phenoxy) is 1. The minimum absolute atomic E-state index is 0.0450. The van der Waals surface area contributed by atoms with E-state index < -0.39 is 0 Å². The van der Waals surface area contributed by atoms with Crippen LogP contribution in [0.25, 0.3) is 0 Å². The van der Waals surface area contributed by atoms with Gasteiger partial charge in [0.05, 0.1) is 11.3 Å². The summed E-state index contributed by atoms with van der Waals surface area (Å²) in [5.41, 5.74) is 1.01. The highest BCUT2D eigenvalue weighted by Gasteiger charge is 2.21. The Balaban J connectivity index is 1.63. The molecule has 2 aromatic rings. The Labute approximate surface area is 157 Å². The third-order valence-electron chi connectivity index (χ3n) is 4.24. The van der Waals surface area contributed by atoms with Gasteiger partial charge in [0.2, 0.25) is 0 Å². The molecule has 26 heavy (non-hydrogen) atoms. The molecule has 1 fully saturated rings. The first kappa shape index (κ1) is 18.3. The molecule has 136 valence electrons. The monoisotopic (exact) mass is 372 g/mol. The summed E-state index contributed by atoms with van der Waals surface area (Å²) < 4.78 is 5.45. The lowest BCUT2D eigenvalue weighted by Crippen LogP contribution is -2.36. The second kappa shape index (κ2) is 8.72. The third-order valence-corrected chi connectivity index (χ3v) is 4.48. The number of halogens is 1. The van der Waals surface area contributed by atoms with Crippen LogP contribution in [0.4, 0.5) is 5.69 Å². The smallest absolute Gasteiger partial charge is 0.262 e. The van der Waals surface area contributed by atoms with E-state index in [-0.39, 0.29) is 18.4 Å². The first-order chi connectivity index (χ1) is 12.6. The third kappa shape index (κ3) is 4.76. The number of carbonyl (C=O) groups excluding carboxylic acids is 2. The highest BCUT2D eigenvalue weighted by Crippen LogP contribution is 2.20. The van der Waals surface area contributed by atoms with Crippen molar-refractivity contribution in [1.82, 2.24) is 4.90 Å². The van der Waals surface area contributed by atoms with E-state index in [1.54, 1.807) is 48.5 Å². The van der Waals surface area contributed by atoms with Gasteiger partial charge in [0.15, 0.2) is 6.61 Å². The van der Waals surface area contributed by atoms with Crippen molar-refractivity contribution in [2.45, 2.75) is 19.3 Å². The highest BCUT2D eigenvalue weighted by atomic mass is 35.5. The van der Waals surface area contributed by atoms with Crippen molar-refractivity contribution in [3.63, 3.8) is 0 Å². The SMILES string of the molecule is O=C(COc1cccc(Cl)c1)Nc1ccccc1C(=O)N1CCCCC1.